The molecule has 2 aromatic heterocycles. The van der Waals surface area contributed by atoms with Gasteiger partial charge in [0.15, 0.2) is 0 Å². The summed E-state index contributed by atoms with van der Waals surface area (Å²) in [6, 6.07) is 10.0. The van der Waals surface area contributed by atoms with Crippen molar-refractivity contribution in [2.75, 3.05) is 26.5 Å². The Balaban J connectivity index is 1.49. The predicted octanol–water partition coefficient (Wildman–Crippen LogP) is 1.74. The summed E-state index contributed by atoms with van der Waals surface area (Å²) >= 11 is 1.46. The Labute approximate surface area is 161 Å². The number of nitrogens with zero attached hydrogens (tertiary/aromatic N) is 5. The van der Waals surface area contributed by atoms with E-state index < -0.39 is 10.0 Å². The number of tetrazole rings is 1. The number of aromatic nitrogens is 4. The van der Waals surface area contributed by atoms with Crippen LogP contribution in [0.1, 0.15) is 5.76 Å². The van der Waals surface area contributed by atoms with Gasteiger partial charge in [-0.05, 0) is 46.8 Å². The number of rotatable bonds is 9. The van der Waals surface area contributed by atoms with E-state index in [9.17, 15) is 8.42 Å². The fourth-order valence-electron chi connectivity index (χ4n) is 2.16. The largest absolute Gasteiger partial charge is 0.493 e. The van der Waals surface area contributed by atoms with Crippen molar-refractivity contribution in [3.8, 4) is 5.75 Å². The van der Waals surface area contributed by atoms with Crippen molar-refractivity contribution in [3.63, 3.8) is 0 Å². The third-order valence-corrected chi connectivity index (χ3v) is 6.32. The van der Waals surface area contributed by atoms with Gasteiger partial charge in [0, 0.05) is 19.8 Å². The molecule has 11 heteroatoms. The Bertz CT molecular complexity index is 953. The zero-order valence-corrected chi connectivity index (χ0v) is 16.5. The maximum Gasteiger partial charge on any atom is 0.242 e. The summed E-state index contributed by atoms with van der Waals surface area (Å²) in [5.41, 5.74) is 0. The number of hydrogen-bond acceptors (Lipinski definition) is 8. The van der Waals surface area contributed by atoms with E-state index in [1.54, 1.807) is 23.1 Å². The molecule has 2 heterocycles. The molecule has 0 bridgehead atoms. The monoisotopic (exact) mass is 409 g/mol. The van der Waals surface area contributed by atoms with Crippen molar-refractivity contribution in [2.24, 2.45) is 0 Å². The number of benzene rings is 1. The van der Waals surface area contributed by atoms with Crippen LogP contribution in [0.3, 0.4) is 0 Å². The first-order valence-electron chi connectivity index (χ1n) is 8.03. The minimum absolute atomic E-state index is 0.228. The molecule has 0 N–H and O–H groups in total. The average molecular weight is 409 g/mol. The molecule has 0 unspecified atom stereocenters. The molecule has 0 aliphatic rings. The van der Waals surface area contributed by atoms with E-state index in [4.69, 9.17) is 9.15 Å². The molecule has 0 atom stereocenters. The maximum absolute atomic E-state index is 12.0. The van der Waals surface area contributed by atoms with Gasteiger partial charge >= 0.3 is 0 Å². The maximum atomic E-state index is 12.0. The van der Waals surface area contributed by atoms with Crippen molar-refractivity contribution in [1.82, 2.24) is 24.5 Å². The average Bonchev–Trinajstić information content (AvgIpc) is 3.32. The van der Waals surface area contributed by atoms with Gasteiger partial charge in [-0.25, -0.2) is 17.4 Å². The van der Waals surface area contributed by atoms with E-state index in [-0.39, 0.29) is 4.90 Å². The third kappa shape index (κ3) is 4.87. The molecular formula is C16H19N5O4S2. The standard InChI is InChI=1S/C16H19N5O4S2/c1-20(2)27(22,23)15-7-5-13(6-8-15)25-10-11-26-16-17-18-19-21(16)12-14-4-3-9-24-14/h3-9H,10-12H2,1-2H3. The topological polar surface area (TPSA) is 103 Å². The molecule has 9 nitrogen and oxygen atoms in total. The number of furan rings is 1. The van der Waals surface area contributed by atoms with Gasteiger partial charge in [0.05, 0.1) is 17.8 Å². The fourth-order valence-corrected chi connectivity index (χ4v) is 3.76. The van der Waals surface area contributed by atoms with Crippen LogP contribution in [-0.4, -0.2) is 59.4 Å². The lowest BCUT2D eigenvalue weighted by atomic mass is 10.3. The lowest BCUT2D eigenvalue weighted by Crippen LogP contribution is -2.22. The highest BCUT2D eigenvalue weighted by atomic mass is 32.2. The minimum Gasteiger partial charge on any atom is -0.493 e. The Morgan fingerprint density at radius 2 is 2.00 bits per heavy atom. The van der Waals surface area contributed by atoms with E-state index >= 15 is 0 Å². The van der Waals surface area contributed by atoms with Crippen molar-refractivity contribution in [3.05, 3.63) is 48.4 Å². The SMILES string of the molecule is CN(C)S(=O)(=O)c1ccc(OCCSc2nnnn2Cc2ccco2)cc1. The van der Waals surface area contributed by atoms with E-state index in [0.717, 1.165) is 5.76 Å². The van der Waals surface area contributed by atoms with Crippen LogP contribution in [-0.2, 0) is 16.6 Å². The Hall–Kier alpha value is -2.37. The zero-order valence-electron chi connectivity index (χ0n) is 14.8. The van der Waals surface area contributed by atoms with Crippen molar-refractivity contribution in [1.29, 1.82) is 0 Å². The van der Waals surface area contributed by atoms with Crippen LogP contribution in [0.25, 0.3) is 0 Å². The van der Waals surface area contributed by atoms with Crippen molar-refractivity contribution >= 4 is 21.8 Å². The molecule has 27 heavy (non-hydrogen) atoms. The molecule has 0 saturated carbocycles. The number of thioether (sulfide) groups is 1. The van der Waals surface area contributed by atoms with Gasteiger partial charge in [0.1, 0.15) is 18.1 Å². The molecule has 0 saturated heterocycles. The van der Waals surface area contributed by atoms with Crippen LogP contribution < -0.4 is 4.74 Å². The van der Waals surface area contributed by atoms with E-state index in [1.165, 1.54) is 42.3 Å². The highest BCUT2D eigenvalue weighted by Gasteiger charge is 2.16. The van der Waals surface area contributed by atoms with E-state index in [1.807, 2.05) is 12.1 Å². The minimum atomic E-state index is -3.43. The van der Waals surface area contributed by atoms with Gasteiger partial charge in [-0.15, -0.1) is 5.10 Å². The quantitative estimate of drug-likeness (QED) is 0.389. The van der Waals surface area contributed by atoms with Crippen LogP contribution >= 0.6 is 11.8 Å². The molecule has 144 valence electrons. The molecule has 3 rings (SSSR count). The summed E-state index contributed by atoms with van der Waals surface area (Å²) in [5.74, 6) is 2.01. The third-order valence-electron chi connectivity index (χ3n) is 3.57. The highest BCUT2D eigenvalue weighted by molar-refractivity contribution is 7.99. The molecule has 0 fully saturated rings. The molecule has 1 aromatic carbocycles. The Morgan fingerprint density at radius 1 is 1.22 bits per heavy atom. The number of hydrogen-bond donors (Lipinski definition) is 0. The second-order valence-electron chi connectivity index (χ2n) is 5.65. The first kappa shape index (κ1) is 19.4. The molecule has 0 aliphatic heterocycles. The van der Waals surface area contributed by atoms with Crippen molar-refractivity contribution in [2.45, 2.75) is 16.6 Å². The highest BCUT2D eigenvalue weighted by Crippen LogP contribution is 2.19. The van der Waals surface area contributed by atoms with Crippen molar-refractivity contribution < 1.29 is 17.6 Å². The lowest BCUT2D eigenvalue weighted by Gasteiger charge is -2.12. The van der Waals surface area contributed by atoms with E-state index in [2.05, 4.69) is 15.5 Å². The Kier molecular flexibility index (Phi) is 6.14. The van der Waals surface area contributed by atoms with Crippen LogP contribution in [0, 0.1) is 0 Å². The smallest absolute Gasteiger partial charge is 0.242 e. The summed E-state index contributed by atoms with van der Waals surface area (Å²) in [7, 11) is -0.441. The first-order valence-corrected chi connectivity index (χ1v) is 10.5. The van der Waals surface area contributed by atoms with Gasteiger partial charge in [-0.1, -0.05) is 11.8 Å². The summed E-state index contributed by atoms with van der Waals surface area (Å²) in [6.07, 6.45) is 1.61. The normalized spacial score (nSPS) is 11.8. The summed E-state index contributed by atoms with van der Waals surface area (Å²) in [5, 5.41) is 12.3. The van der Waals surface area contributed by atoms with Crippen LogP contribution in [0.2, 0.25) is 0 Å². The summed E-state index contributed by atoms with van der Waals surface area (Å²) in [6.45, 7) is 0.892. The molecule has 0 radical (unpaired) electrons. The van der Waals surface area contributed by atoms with Crippen LogP contribution in [0.15, 0.2) is 57.1 Å². The fraction of sp³-hybridized carbons (Fsp3) is 0.312. The Morgan fingerprint density at radius 3 is 2.67 bits per heavy atom. The second kappa shape index (κ2) is 8.55. The second-order valence-corrected chi connectivity index (χ2v) is 8.87. The molecule has 0 spiro atoms. The molecule has 3 aromatic rings. The van der Waals surface area contributed by atoms with Crippen LogP contribution in [0.5, 0.6) is 5.75 Å². The van der Waals surface area contributed by atoms with Gasteiger partial charge in [-0.2, -0.15) is 0 Å². The summed E-state index contributed by atoms with van der Waals surface area (Å²) in [4.78, 5) is 0.228. The zero-order chi connectivity index (χ0) is 19.3. The van der Waals surface area contributed by atoms with Gasteiger partial charge < -0.3 is 9.15 Å². The van der Waals surface area contributed by atoms with Gasteiger partial charge in [-0.3, -0.25) is 0 Å². The molecule has 0 aliphatic carbocycles. The predicted molar refractivity (Wildman–Crippen MR) is 99.2 cm³/mol. The lowest BCUT2D eigenvalue weighted by molar-refractivity contribution is 0.343. The number of sulfonamides is 1. The summed E-state index contributed by atoms with van der Waals surface area (Å²) < 4.78 is 37.8. The number of ether oxygens (including phenoxy) is 1. The first-order chi connectivity index (χ1) is 13.0. The van der Waals surface area contributed by atoms with E-state index in [0.29, 0.717) is 29.8 Å². The molecule has 0 amide bonds. The van der Waals surface area contributed by atoms with Gasteiger partial charge in [0.2, 0.25) is 15.2 Å². The van der Waals surface area contributed by atoms with Gasteiger partial charge in [0.25, 0.3) is 0 Å². The molecular weight excluding hydrogens is 390 g/mol. The van der Waals surface area contributed by atoms with Crippen LogP contribution in [0.4, 0.5) is 0 Å².